The standard InChI is InChI=1S/C10H14BrNO3.ClH/c1-15-8-3-2-6(11)9(10(8)14)7(12)4-5-13;/h2-3,7,13-14H,4-5,12H2,1H3;1H/t7-;/m1./s1. The minimum atomic E-state index is -0.417. The molecule has 0 heterocycles. The zero-order valence-corrected chi connectivity index (χ0v) is 11.2. The van der Waals surface area contributed by atoms with Crippen molar-refractivity contribution >= 4 is 28.3 Å². The van der Waals surface area contributed by atoms with Crippen LogP contribution in [0.15, 0.2) is 16.6 Å². The topological polar surface area (TPSA) is 75.7 Å². The summed E-state index contributed by atoms with van der Waals surface area (Å²) in [6.07, 6.45) is 0.388. The van der Waals surface area contributed by atoms with E-state index in [9.17, 15) is 5.11 Å². The fourth-order valence-corrected chi connectivity index (χ4v) is 1.98. The molecule has 0 saturated heterocycles. The molecular weight excluding hydrogens is 297 g/mol. The third-order valence-corrected chi connectivity index (χ3v) is 2.85. The van der Waals surface area contributed by atoms with Crippen molar-refractivity contribution < 1.29 is 14.9 Å². The number of benzene rings is 1. The predicted molar refractivity (Wildman–Crippen MR) is 68.2 cm³/mol. The number of phenolic OH excluding ortho intramolecular Hbond substituents is 1. The van der Waals surface area contributed by atoms with Gasteiger partial charge in [0.1, 0.15) is 0 Å². The molecule has 0 radical (unpaired) electrons. The van der Waals surface area contributed by atoms with Crippen LogP contribution in [0.25, 0.3) is 0 Å². The lowest BCUT2D eigenvalue weighted by atomic mass is 10.0. The second kappa shape index (κ2) is 6.96. The van der Waals surface area contributed by atoms with Crippen molar-refractivity contribution in [2.24, 2.45) is 5.73 Å². The first-order valence-electron chi connectivity index (χ1n) is 4.53. The Morgan fingerprint density at radius 3 is 2.62 bits per heavy atom. The quantitative estimate of drug-likeness (QED) is 0.794. The monoisotopic (exact) mass is 311 g/mol. The fourth-order valence-electron chi connectivity index (χ4n) is 1.36. The molecule has 0 aliphatic rings. The first-order valence-corrected chi connectivity index (χ1v) is 5.33. The predicted octanol–water partition coefficient (Wildman–Crippen LogP) is 1.97. The zero-order valence-electron chi connectivity index (χ0n) is 8.81. The van der Waals surface area contributed by atoms with Gasteiger partial charge in [0.15, 0.2) is 11.5 Å². The summed E-state index contributed by atoms with van der Waals surface area (Å²) in [5.74, 6) is 0.398. The molecule has 4 nitrogen and oxygen atoms in total. The van der Waals surface area contributed by atoms with Crippen LogP contribution in [0, 0.1) is 0 Å². The van der Waals surface area contributed by atoms with Gasteiger partial charge in [0.05, 0.1) is 7.11 Å². The zero-order chi connectivity index (χ0) is 11.4. The number of rotatable bonds is 4. The molecule has 92 valence electrons. The van der Waals surface area contributed by atoms with E-state index in [0.29, 0.717) is 22.2 Å². The first-order chi connectivity index (χ1) is 7.11. The largest absolute Gasteiger partial charge is 0.504 e. The highest BCUT2D eigenvalue weighted by Crippen LogP contribution is 2.38. The maximum absolute atomic E-state index is 9.85. The van der Waals surface area contributed by atoms with Crippen molar-refractivity contribution in [2.45, 2.75) is 12.5 Å². The van der Waals surface area contributed by atoms with Crippen LogP contribution in [0.1, 0.15) is 18.0 Å². The number of hydrogen-bond acceptors (Lipinski definition) is 4. The average Bonchev–Trinajstić information content (AvgIpc) is 2.18. The molecule has 6 heteroatoms. The number of aliphatic hydroxyl groups excluding tert-OH is 1. The van der Waals surface area contributed by atoms with Crippen LogP contribution in [0.2, 0.25) is 0 Å². The Balaban J connectivity index is 0.00000225. The molecule has 0 unspecified atom stereocenters. The number of halogens is 2. The van der Waals surface area contributed by atoms with Gasteiger partial charge in [-0.15, -0.1) is 12.4 Å². The van der Waals surface area contributed by atoms with Crippen LogP contribution in [-0.4, -0.2) is 23.9 Å². The highest BCUT2D eigenvalue weighted by atomic mass is 79.9. The van der Waals surface area contributed by atoms with E-state index in [1.165, 1.54) is 7.11 Å². The maximum atomic E-state index is 9.85. The van der Waals surface area contributed by atoms with Gasteiger partial charge >= 0.3 is 0 Å². The van der Waals surface area contributed by atoms with E-state index in [-0.39, 0.29) is 24.8 Å². The summed E-state index contributed by atoms with van der Waals surface area (Å²) in [5.41, 5.74) is 6.38. The lowest BCUT2D eigenvalue weighted by Crippen LogP contribution is -2.13. The summed E-state index contributed by atoms with van der Waals surface area (Å²) in [6.45, 7) is -0.0236. The average molecular weight is 313 g/mol. The van der Waals surface area contributed by atoms with Crippen molar-refractivity contribution in [3.05, 3.63) is 22.2 Å². The van der Waals surface area contributed by atoms with E-state index in [2.05, 4.69) is 15.9 Å². The molecule has 1 aromatic carbocycles. The number of nitrogens with two attached hydrogens (primary N) is 1. The molecule has 0 fully saturated rings. The summed E-state index contributed by atoms with van der Waals surface area (Å²) >= 11 is 3.30. The van der Waals surface area contributed by atoms with Crippen molar-refractivity contribution in [1.82, 2.24) is 0 Å². The van der Waals surface area contributed by atoms with E-state index in [1.54, 1.807) is 12.1 Å². The summed E-state index contributed by atoms with van der Waals surface area (Å²) in [7, 11) is 1.48. The number of methoxy groups -OCH3 is 1. The van der Waals surface area contributed by atoms with Crippen molar-refractivity contribution in [3.63, 3.8) is 0 Å². The lowest BCUT2D eigenvalue weighted by molar-refractivity contribution is 0.274. The summed E-state index contributed by atoms with van der Waals surface area (Å²) in [4.78, 5) is 0. The van der Waals surface area contributed by atoms with Crippen LogP contribution < -0.4 is 10.5 Å². The Hall–Kier alpha value is -0.490. The van der Waals surface area contributed by atoms with Crippen molar-refractivity contribution in [2.75, 3.05) is 13.7 Å². The first kappa shape index (κ1) is 15.5. The smallest absolute Gasteiger partial charge is 0.163 e. The van der Waals surface area contributed by atoms with Gasteiger partial charge in [-0.25, -0.2) is 0 Å². The number of hydrogen-bond donors (Lipinski definition) is 3. The maximum Gasteiger partial charge on any atom is 0.163 e. The molecule has 1 aromatic rings. The Labute approximate surface area is 109 Å². The molecule has 0 aliphatic heterocycles. The number of ether oxygens (including phenoxy) is 1. The molecule has 0 aliphatic carbocycles. The highest BCUT2D eigenvalue weighted by molar-refractivity contribution is 9.10. The SMILES string of the molecule is COc1ccc(Br)c([C@H](N)CCO)c1O.Cl. The Bertz CT molecular complexity index is 349. The molecule has 0 spiro atoms. The van der Waals surface area contributed by atoms with Gasteiger partial charge in [-0.3, -0.25) is 0 Å². The van der Waals surface area contributed by atoms with Crippen LogP contribution in [0.4, 0.5) is 0 Å². The van der Waals surface area contributed by atoms with Crippen molar-refractivity contribution in [1.29, 1.82) is 0 Å². The van der Waals surface area contributed by atoms with Gasteiger partial charge in [-0.2, -0.15) is 0 Å². The molecule has 0 saturated carbocycles. The second-order valence-corrected chi connectivity index (χ2v) is 3.99. The molecule has 0 bridgehead atoms. The van der Waals surface area contributed by atoms with E-state index < -0.39 is 6.04 Å². The van der Waals surface area contributed by atoms with Gasteiger partial charge in [-0.1, -0.05) is 15.9 Å². The summed E-state index contributed by atoms with van der Waals surface area (Å²) in [5, 5.41) is 18.6. The molecule has 0 amide bonds. The van der Waals surface area contributed by atoms with Gasteiger partial charge in [0, 0.05) is 22.7 Å². The lowest BCUT2D eigenvalue weighted by Gasteiger charge is -2.16. The van der Waals surface area contributed by atoms with Gasteiger partial charge in [0.25, 0.3) is 0 Å². The molecule has 1 atom stereocenters. The normalized spacial score (nSPS) is 11.8. The molecule has 4 N–H and O–H groups in total. The Morgan fingerprint density at radius 2 is 2.12 bits per heavy atom. The van der Waals surface area contributed by atoms with E-state index >= 15 is 0 Å². The second-order valence-electron chi connectivity index (χ2n) is 3.13. The molecule has 0 aromatic heterocycles. The summed E-state index contributed by atoms with van der Waals surface area (Å²) in [6, 6.07) is 2.99. The third-order valence-electron chi connectivity index (χ3n) is 2.16. The molecule has 1 rings (SSSR count). The number of aromatic hydroxyl groups is 1. The van der Waals surface area contributed by atoms with Crippen LogP contribution >= 0.6 is 28.3 Å². The van der Waals surface area contributed by atoms with Gasteiger partial charge < -0.3 is 20.7 Å². The molecular formula is C10H15BrClNO3. The minimum absolute atomic E-state index is 0. The van der Waals surface area contributed by atoms with Crippen LogP contribution in [0.3, 0.4) is 0 Å². The van der Waals surface area contributed by atoms with Crippen molar-refractivity contribution in [3.8, 4) is 11.5 Å². The summed E-state index contributed by atoms with van der Waals surface area (Å²) < 4.78 is 5.69. The van der Waals surface area contributed by atoms with Crippen LogP contribution in [0.5, 0.6) is 11.5 Å². The minimum Gasteiger partial charge on any atom is -0.504 e. The van der Waals surface area contributed by atoms with E-state index in [4.69, 9.17) is 15.6 Å². The Kier molecular flexibility index (Phi) is 6.74. The third kappa shape index (κ3) is 3.25. The van der Waals surface area contributed by atoms with E-state index in [1.807, 2.05) is 0 Å². The number of phenols is 1. The Morgan fingerprint density at radius 1 is 1.50 bits per heavy atom. The highest BCUT2D eigenvalue weighted by Gasteiger charge is 2.17. The number of aliphatic hydroxyl groups is 1. The van der Waals surface area contributed by atoms with Crippen LogP contribution in [-0.2, 0) is 0 Å². The molecule has 16 heavy (non-hydrogen) atoms. The van der Waals surface area contributed by atoms with Gasteiger partial charge in [-0.05, 0) is 18.6 Å². The van der Waals surface area contributed by atoms with E-state index in [0.717, 1.165) is 0 Å². The fraction of sp³-hybridized carbons (Fsp3) is 0.400. The van der Waals surface area contributed by atoms with Gasteiger partial charge in [0.2, 0.25) is 0 Å².